The van der Waals surface area contributed by atoms with E-state index in [9.17, 15) is 13.0 Å². The van der Waals surface area contributed by atoms with Crippen molar-refractivity contribution in [1.82, 2.24) is 0 Å². The van der Waals surface area contributed by atoms with Crippen molar-refractivity contribution in [2.24, 2.45) is 4.52 Å². The van der Waals surface area contributed by atoms with E-state index in [0.29, 0.717) is 19.3 Å². The van der Waals surface area contributed by atoms with Crippen LogP contribution in [0.1, 0.15) is 32.1 Å². The summed E-state index contributed by atoms with van der Waals surface area (Å²) in [7, 11) is 0. The van der Waals surface area contributed by atoms with Crippen LogP contribution in [-0.2, 0) is 15.4 Å². The monoisotopic (exact) mass is 241 g/mol. The summed E-state index contributed by atoms with van der Waals surface area (Å²) in [6, 6.07) is 0. The second kappa shape index (κ2) is 9.82. The Labute approximate surface area is 89.2 Å². The summed E-state index contributed by atoms with van der Waals surface area (Å²) in [5.74, 6) is 0. The van der Waals surface area contributed by atoms with Gasteiger partial charge in [0.15, 0.2) is 0 Å². The lowest BCUT2D eigenvalue weighted by Gasteiger charge is -2.00. The van der Waals surface area contributed by atoms with E-state index in [1.807, 2.05) is 0 Å². The molecule has 1 atom stereocenters. The Morgan fingerprint density at radius 2 is 2.00 bits per heavy atom. The Balaban J connectivity index is 3.18. The molecule has 0 amide bonds. The van der Waals surface area contributed by atoms with Crippen LogP contribution < -0.4 is 0 Å². The molecule has 0 aliphatic heterocycles. The van der Waals surface area contributed by atoms with E-state index < -0.39 is 17.7 Å². The molecule has 0 spiro atoms. The lowest BCUT2D eigenvalue weighted by atomic mass is 10.1. The van der Waals surface area contributed by atoms with Crippen molar-refractivity contribution >= 4 is 11.3 Å². The number of hydrogen-bond donors (Lipinski definition) is 0. The minimum absolute atomic E-state index is 0.0779. The van der Waals surface area contributed by atoms with Crippen molar-refractivity contribution in [3.63, 3.8) is 0 Å². The van der Waals surface area contributed by atoms with Crippen molar-refractivity contribution in [3.05, 3.63) is 10.4 Å². The average Bonchev–Trinajstić information content (AvgIpc) is 2.16. The molecule has 0 aromatic heterocycles. The topological polar surface area (TPSA) is 75.1 Å². The predicted molar refractivity (Wildman–Crippen MR) is 52.3 cm³/mol. The Kier molecular flexibility index (Phi) is 9.35. The maximum absolute atomic E-state index is 11.7. The van der Waals surface area contributed by atoms with Gasteiger partial charge in [-0.25, -0.2) is 13.0 Å². The smallest absolute Gasteiger partial charge is 0.250 e. The third-order valence-corrected chi connectivity index (χ3v) is 2.18. The summed E-state index contributed by atoms with van der Waals surface area (Å²) in [6.45, 7) is 0.209. The number of azide groups is 1. The standard InChI is InChI=1S/C7H13F2N3O2S/c8-7(9)5-3-1-2-4-6-14-15(13)12-11-10/h7H,1-6H2. The third kappa shape index (κ3) is 11.2. The number of rotatable bonds is 9. The highest BCUT2D eigenvalue weighted by Crippen LogP contribution is 2.09. The fourth-order valence-electron chi connectivity index (χ4n) is 0.938. The fourth-order valence-corrected chi connectivity index (χ4v) is 1.31. The number of alkyl halides is 2. The summed E-state index contributed by atoms with van der Waals surface area (Å²) in [5.41, 5.74) is 7.88. The van der Waals surface area contributed by atoms with E-state index in [-0.39, 0.29) is 13.0 Å². The molecule has 0 rings (SSSR count). The molecule has 0 saturated carbocycles. The van der Waals surface area contributed by atoms with Crippen molar-refractivity contribution in [2.45, 2.75) is 38.5 Å². The van der Waals surface area contributed by atoms with Crippen LogP contribution in [0.3, 0.4) is 0 Å². The molecular weight excluding hydrogens is 228 g/mol. The first-order valence-electron chi connectivity index (χ1n) is 4.55. The summed E-state index contributed by atoms with van der Waals surface area (Å²) in [5, 5.41) is 0. The van der Waals surface area contributed by atoms with Crippen LogP contribution in [0, 0.1) is 0 Å². The molecule has 0 aromatic carbocycles. The zero-order chi connectivity index (χ0) is 11.5. The molecule has 88 valence electrons. The van der Waals surface area contributed by atoms with Crippen molar-refractivity contribution in [1.29, 1.82) is 0 Å². The number of halogens is 2. The maximum atomic E-state index is 11.7. The Bertz CT molecular complexity index is 234. The summed E-state index contributed by atoms with van der Waals surface area (Å²) in [4.78, 5) is 2.30. The van der Waals surface area contributed by atoms with Gasteiger partial charge in [0.25, 0.3) is 0 Å². The van der Waals surface area contributed by atoms with E-state index in [2.05, 4.69) is 13.6 Å². The molecule has 0 saturated heterocycles. The Morgan fingerprint density at radius 3 is 2.60 bits per heavy atom. The van der Waals surface area contributed by atoms with Gasteiger partial charge in [-0.1, -0.05) is 12.8 Å². The highest BCUT2D eigenvalue weighted by Gasteiger charge is 2.01. The van der Waals surface area contributed by atoms with E-state index in [0.717, 1.165) is 6.42 Å². The summed E-state index contributed by atoms with van der Waals surface area (Å²) < 4.78 is 41.4. The molecule has 8 heteroatoms. The fraction of sp³-hybridized carbons (Fsp3) is 1.00. The van der Waals surface area contributed by atoms with Gasteiger partial charge in [0.2, 0.25) is 17.7 Å². The second-order valence-electron chi connectivity index (χ2n) is 2.80. The zero-order valence-electron chi connectivity index (χ0n) is 8.14. The SMILES string of the molecule is [N-]=[N+]=NS(=O)OCCCCCCC(F)F. The van der Waals surface area contributed by atoms with Gasteiger partial charge in [-0.2, -0.15) is 0 Å². The second-order valence-corrected chi connectivity index (χ2v) is 3.64. The predicted octanol–water partition coefficient (Wildman–Crippen LogP) is 3.11. The molecule has 15 heavy (non-hydrogen) atoms. The van der Waals surface area contributed by atoms with Gasteiger partial charge in [-0.3, -0.25) is 4.18 Å². The van der Waals surface area contributed by atoms with Crippen LogP contribution in [0.25, 0.3) is 10.4 Å². The van der Waals surface area contributed by atoms with Crippen molar-refractivity contribution in [2.75, 3.05) is 6.61 Å². The van der Waals surface area contributed by atoms with Gasteiger partial charge in [0.1, 0.15) is 0 Å². The first kappa shape index (κ1) is 14.3. The van der Waals surface area contributed by atoms with Gasteiger partial charge in [0, 0.05) is 15.9 Å². The van der Waals surface area contributed by atoms with Gasteiger partial charge in [-0.15, -0.1) is 0 Å². The molecular formula is C7H13F2N3O2S. The van der Waals surface area contributed by atoms with Crippen LogP contribution in [0.4, 0.5) is 8.78 Å². The highest BCUT2D eigenvalue weighted by atomic mass is 32.2. The minimum atomic E-state index is -2.24. The average molecular weight is 241 g/mol. The summed E-state index contributed by atoms with van der Waals surface area (Å²) in [6.07, 6.45) is 0.222. The van der Waals surface area contributed by atoms with Crippen molar-refractivity contribution in [3.8, 4) is 0 Å². The largest absolute Gasteiger partial charge is 0.285 e. The lowest BCUT2D eigenvalue weighted by Crippen LogP contribution is -1.96. The molecule has 1 unspecified atom stereocenters. The van der Waals surface area contributed by atoms with E-state index in [4.69, 9.17) is 5.53 Å². The number of unbranched alkanes of at least 4 members (excludes halogenated alkanes) is 3. The normalized spacial score (nSPS) is 12.5. The molecule has 0 heterocycles. The van der Waals surface area contributed by atoms with Crippen LogP contribution >= 0.6 is 0 Å². The maximum Gasteiger partial charge on any atom is 0.250 e. The first-order valence-corrected chi connectivity index (χ1v) is 5.58. The van der Waals surface area contributed by atoms with Crippen LogP contribution in [0.15, 0.2) is 4.52 Å². The first-order chi connectivity index (χ1) is 7.16. The van der Waals surface area contributed by atoms with E-state index in [1.54, 1.807) is 0 Å². The van der Waals surface area contributed by atoms with Gasteiger partial charge < -0.3 is 0 Å². The summed E-state index contributed by atoms with van der Waals surface area (Å²) >= 11 is -1.95. The molecule has 0 aliphatic carbocycles. The van der Waals surface area contributed by atoms with Crippen molar-refractivity contribution < 1.29 is 17.2 Å². The van der Waals surface area contributed by atoms with Crippen LogP contribution in [0.2, 0.25) is 0 Å². The van der Waals surface area contributed by atoms with E-state index in [1.165, 1.54) is 0 Å². The zero-order valence-corrected chi connectivity index (χ0v) is 8.96. The van der Waals surface area contributed by atoms with Gasteiger partial charge in [-0.05, 0) is 18.4 Å². The molecule has 0 bridgehead atoms. The van der Waals surface area contributed by atoms with E-state index >= 15 is 0 Å². The number of nitrogens with zero attached hydrogens (tertiary/aromatic N) is 3. The molecule has 0 aliphatic rings. The number of hydrogen-bond acceptors (Lipinski definition) is 2. The van der Waals surface area contributed by atoms with Gasteiger partial charge in [0.05, 0.1) is 6.61 Å². The van der Waals surface area contributed by atoms with Gasteiger partial charge >= 0.3 is 0 Å². The lowest BCUT2D eigenvalue weighted by molar-refractivity contribution is 0.133. The Morgan fingerprint density at radius 1 is 1.33 bits per heavy atom. The highest BCUT2D eigenvalue weighted by molar-refractivity contribution is 7.78. The molecule has 0 aromatic rings. The van der Waals surface area contributed by atoms with Crippen LogP contribution in [0.5, 0.6) is 0 Å². The molecule has 0 fully saturated rings. The Hall–Kier alpha value is -0.720. The quantitative estimate of drug-likeness (QED) is 0.269. The third-order valence-electron chi connectivity index (χ3n) is 1.60. The molecule has 5 nitrogen and oxygen atoms in total. The minimum Gasteiger partial charge on any atom is -0.285 e. The molecule has 0 radical (unpaired) electrons. The molecule has 0 N–H and O–H groups in total. The van der Waals surface area contributed by atoms with Crippen LogP contribution in [-0.4, -0.2) is 17.2 Å².